The van der Waals surface area contributed by atoms with Crippen LogP contribution in [0.25, 0.3) is 0 Å². The van der Waals surface area contributed by atoms with Crippen LogP contribution < -0.4 is 5.32 Å². The molecule has 88 valence electrons. The lowest BCUT2D eigenvalue weighted by Crippen LogP contribution is -2.47. The zero-order valence-electron chi connectivity index (χ0n) is 8.58. The number of nitrogens with one attached hydrogen (secondary N) is 1. The predicted molar refractivity (Wildman–Crippen MR) is 46.8 cm³/mol. The van der Waals surface area contributed by atoms with Crippen LogP contribution in [0.4, 0.5) is 13.6 Å². The molecule has 0 aromatic carbocycles. The summed E-state index contributed by atoms with van der Waals surface area (Å²) in [6.45, 7) is 4.60. The summed E-state index contributed by atoms with van der Waals surface area (Å²) < 4.78 is 28.8. The van der Waals surface area contributed by atoms with E-state index in [1.54, 1.807) is 5.32 Å². The van der Waals surface area contributed by atoms with E-state index in [0.29, 0.717) is 0 Å². The number of alkyl halides is 2. The van der Waals surface area contributed by atoms with Crippen LogP contribution in [0, 0.1) is 0 Å². The van der Waals surface area contributed by atoms with E-state index < -0.39 is 30.1 Å². The van der Waals surface area contributed by atoms with Crippen molar-refractivity contribution in [1.82, 2.24) is 5.32 Å². The molecule has 0 unspecified atom stereocenters. The molecule has 0 aliphatic rings. The summed E-state index contributed by atoms with van der Waals surface area (Å²) in [6, 6.07) is -2.25. The van der Waals surface area contributed by atoms with Gasteiger partial charge in [0.15, 0.2) is 6.04 Å². The number of alkyl carbamates (subject to hydrolysis) is 1. The molecule has 0 fully saturated rings. The number of aliphatic carboxylic acids is 1. The Morgan fingerprint density at radius 2 is 1.80 bits per heavy atom. The number of carbonyl (C=O) groups is 2. The maximum absolute atomic E-state index is 12.1. The molecule has 0 saturated carbocycles. The molecule has 0 spiro atoms. The predicted octanol–water partition coefficient (Wildman–Crippen LogP) is 1.23. The monoisotopic (exact) mass is 225 g/mol. The topological polar surface area (TPSA) is 75.6 Å². The number of hydrogen-bond acceptors (Lipinski definition) is 3. The number of halogens is 2. The van der Waals surface area contributed by atoms with Gasteiger partial charge in [-0.25, -0.2) is 18.4 Å². The minimum Gasteiger partial charge on any atom is -0.480 e. The molecule has 0 aliphatic carbocycles. The van der Waals surface area contributed by atoms with Crippen molar-refractivity contribution in [3.05, 3.63) is 0 Å². The average Bonchev–Trinajstić information content (AvgIpc) is 1.95. The van der Waals surface area contributed by atoms with E-state index in [0.717, 1.165) is 0 Å². The summed E-state index contributed by atoms with van der Waals surface area (Å²) in [5.74, 6) is -1.81. The van der Waals surface area contributed by atoms with Crippen LogP contribution in [-0.2, 0) is 9.53 Å². The first-order valence-corrected chi connectivity index (χ1v) is 4.14. The molecular weight excluding hydrogens is 212 g/mol. The maximum atomic E-state index is 12.1. The Bertz CT molecular complexity index is 250. The molecule has 1 atom stereocenters. The summed E-state index contributed by atoms with van der Waals surface area (Å²) >= 11 is 0. The smallest absolute Gasteiger partial charge is 0.408 e. The molecule has 2 N–H and O–H groups in total. The standard InChI is InChI=1S/C8H13F2NO4/c1-8(2,3)15-7(14)11-4(5(9)10)6(12)13/h4-5H,1-3H3,(H,11,14)(H,12,13)/t4-/m1/s1. The lowest BCUT2D eigenvalue weighted by Gasteiger charge is -2.21. The summed E-state index contributed by atoms with van der Waals surface area (Å²) in [6.07, 6.45) is -4.37. The first-order chi connectivity index (χ1) is 6.63. The highest BCUT2D eigenvalue weighted by Crippen LogP contribution is 2.08. The van der Waals surface area contributed by atoms with E-state index >= 15 is 0 Å². The van der Waals surface area contributed by atoms with Crippen LogP contribution in [0.1, 0.15) is 20.8 Å². The maximum Gasteiger partial charge on any atom is 0.408 e. The van der Waals surface area contributed by atoms with Crippen LogP contribution in [0.3, 0.4) is 0 Å². The molecule has 0 saturated heterocycles. The van der Waals surface area contributed by atoms with E-state index in [1.807, 2.05) is 0 Å². The number of ether oxygens (including phenoxy) is 1. The summed E-state index contributed by atoms with van der Waals surface area (Å²) in [4.78, 5) is 21.2. The van der Waals surface area contributed by atoms with Crippen molar-refractivity contribution in [1.29, 1.82) is 0 Å². The van der Waals surface area contributed by atoms with Crippen LogP contribution in [-0.4, -0.2) is 35.2 Å². The number of carboxylic acid groups (broad SMARTS) is 1. The van der Waals surface area contributed by atoms with Gasteiger partial charge in [-0.05, 0) is 20.8 Å². The second kappa shape index (κ2) is 4.90. The Kier molecular flexibility index (Phi) is 4.44. The summed E-state index contributed by atoms with van der Waals surface area (Å²) in [5, 5.41) is 9.90. The normalized spacial score (nSPS) is 13.5. The van der Waals surface area contributed by atoms with Gasteiger partial charge in [-0.3, -0.25) is 0 Å². The van der Waals surface area contributed by atoms with E-state index in [-0.39, 0.29) is 0 Å². The van der Waals surface area contributed by atoms with Crippen LogP contribution in [0.5, 0.6) is 0 Å². The number of rotatable bonds is 3. The molecule has 0 aliphatic heterocycles. The van der Waals surface area contributed by atoms with Gasteiger partial charge in [0.25, 0.3) is 6.43 Å². The van der Waals surface area contributed by atoms with Crippen molar-refractivity contribution in [2.24, 2.45) is 0 Å². The average molecular weight is 225 g/mol. The molecule has 7 heteroatoms. The van der Waals surface area contributed by atoms with Crippen molar-refractivity contribution < 1.29 is 28.2 Å². The van der Waals surface area contributed by atoms with Gasteiger partial charge in [-0.15, -0.1) is 0 Å². The Labute approximate surface area is 85.4 Å². The van der Waals surface area contributed by atoms with Crippen LogP contribution >= 0.6 is 0 Å². The van der Waals surface area contributed by atoms with Gasteiger partial charge in [-0.1, -0.05) is 0 Å². The molecule has 0 bridgehead atoms. The Morgan fingerprint density at radius 1 is 1.33 bits per heavy atom. The molecule has 0 aromatic heterocycles. The zero-order chi connectivity index (χ0) is 12.2. The third-order valence-electron chi connectivity index (χ3n) is 1.19. The first kappa shape index (κ1) is 13.6. The van der Waals surface area contributed by atoms with E-state index in [9.17, 15) is 18.4 Å². The van der Waals surface area contributed by atoms with Crippen molar-refractivity contribution in [2.45, 2.75) is 38.8 Å². The Morgan fingerprint density at radius 3 is 2.07 bits per heavy atom. The highest BCUT2D eigenvalue weighted by molar-refractivity contribution is 5.80. The molecule has 0 aromatic rings. The third-order valence-corrected chi connectivity index (χ3v) is 1.19. The van der Waals surface area contributed by atoms with Gasteiger partial charge >= 0.3 is 12.1 Å². The second-order valence-corrected chi connectivity index (χ2v) is 3.80. The second-order valence-electron chi connectivity index (χ2n) is 3.80. The molecule has 15 heavy (non-hydrogen) atoms. The SMILES string of the molecule is CC(C)(C)OC(=O)N[C@@H](C(=O)O)C(F)F. The number of carboxylic acids is 1. The fourth-order valence-electron chi connectivity index (χ4n) is 0.667. The minimum atomic E-state index is -3.19. The van der Waals surface area contributed by atoms with Crippen LogP contribution in [0.15, 0.2) is 0 Å². The van der Waals surface area contributed by atoms with Gasteiger partial charge in [0.05, 0.1) is 0 Å². The van der Waals surface area contributed by atoms with Crippen molar-refractivity contribution in [2.75, 3.05) is 0 Å². The van der Waals surface area contributed by atoms with E-state index in [4.69, 9.17) is 5.11 Å². The largest absolute Gasteiger partial charge is 0.480 e. The Balaban J connectivity index is 4.31. The molecule has 0 rings (SSSR count). The molecular formula is C8H13F2NO4. The number of amides is 1. The number of hydrogen-bond donors (Lipinski definition) is 2. The molecule has 0 radical (unpaired) electrons. The fraction of sp³-hybridized carbons (Fsp3) is 0.750. The molecule has 5 nitrogen and oxygen atoms in total. The molecule has 1 amide bonds. The van der Waals surface area contributed by atoms with Gasteiger partial charge < -0.3 is 15.2 Å². The first-order valence-electron chi connectivity index (χ1n) is 4.14. The van der Waals surface area contributed by atoms with Gasteiger partial charge in [0, 0.05) is 0 Å². The lowest BCUT2D eigenvalue weighted by atomic mass is 10.2. The summed E-state index contributed by atoms with van der Waals surface area (Å²) in [7, 11) is 0. The van der Waals surface area contributed by atoms with Crippen molar-refractivity contribution in [3.8, 4) is 0 Å². The highest BCUT2D eigenvalue weighted by Gasteiger charge is 2.31. The molecule has 0 heterocycles. The van der Waals surface area contributed by atoms with Gasteiger partial charge in [-0.2, -0.15) is 0 Å². The number of carbonyl (C=O) groups excluding carboxylic acids is 1. The summed E-state index contributed by atoms with van der Waals surface area (Å²) in [5.41, 5.74) is -0.866. The lowest BCUT2D eigenvalue weighted by molar-refractivity contribution is -0.143. The van der Waals surface area contributed by atoms with Crippen LogP contribution in [0.2, 0.25) is 0 Å². The fourth-order valence-corrected chi connectivity index (χ4v) is 0.667. The highest BCUT2D eigenvalue weighted by atomic mass is 19.3. The Hall–Kier alpha value is -1.40. The van der Waals surface area contributed by atoms with E-state index in [1.165, 1.54) is 20.8 Å². The van der Waals surface area contributed by atoms with Crippen molar-refractivity contribution in [3.63, 3.8) is 0 Å². The third kappa shape index (κ3) is 5.82. The zero-order valence-corrected chi connectivity index (χ0v) is 8.58. The van der Waals surface area contributed by atoms with Gasteiger partial charge in [0.2, 0.25) is 0 Å². The minimum absolute atomic E-state index is 0.866. The van der Waals surface area contributed by atoms with Crippen molar-refractivity contribution >= 4 is 12.1 Å². The quantitative estimate of drug-likeness (QED) is 0.757. The van der Waals surface area contributed by atoms with Gasteiger partial charge in [0.1, 0.15) is 5.60 Å². The van der Waals surface area contributed by atoms with E-state index in [2.05, 4.69) is 4.74 Å².